The van der Waals surface area contributed by atoms with Crippen molar-refractivity contribution in [2.75, 3.05) is 42.3 Å². The Balaban J connectivity index is 0.601. The highest BCUT2D eigenvalue weighted by Gasteiger charge is 2.67. The number of Topliss-reactive ketones (excluding diaryl/α,β-unsaturated/α-hetero) is 1. The standard InChI is InChI=1S/C71H112O27/c1-33-25-48(77-12)58(75)66(84-33)92-43-19-22-68(10)42(26-43)17-18-44-45(68)20-23-69(11)46(44)21-24-70(69,76)40(8)90-54-30-51-63(38(6)88-54)98-71(83-32-82-51)31-52(80-15)62(39(7)97-71)94-53-27-47(73)59(35(3)85-53)93-55-28-49(78-13)60(36(4)86-55)95-56-29-50(79-14)61(37(5)87-56)96-67-65(91-41(9)72)64(81-16)57(74)34(2)89-67/h17,25,33-40,43-47,49-57,59-67,73-74,76H,18-24,26-32H2,1-16H3/t33-,34-,35-,36-,37-,38-,39-,40+,43+,44-,45+,46+,47+,49+,50+,51-,52-,53+,54+,55+,56+,57+,59-,60-,61-,62-,63-,64+,65-,66?,67+,68+,69+,70+,71-/m1/s1. The Morgan fingerprint density at radius 2 is 1.26 bits per heavy atom. The summed E-state index contributed by atoms with van der Waals surface area (Å²) in [6, 6.07) is 0. The first-order valence-electron chi connectivity index (χ1n) is 36.0. The van der Waals surface area contributed by atoms with E-state index in [0.717, 1.165) is 44.9 Å². The van der Waals surface area contributed by atoms with Gasteiger partial charge in [-0.1, -0.05) is 25.5 Å². The summed E-state index contributed by atoms with van der Waals surface area (Å²) in [5.74, 6) is -0.936. The second-order valence-electron chi connectivity index (χ2n) is 30.3. The number of aliphatic hydroxyl groups is 3. The molecule has 8 heterocycles. The smallest absolute Gasteiger partial charge is 0.303 e. The third-order valence-electron chi connectivity index (χ3n) is 24.5. The summed E-state index contributed by atoms with van der Waals surface area (Å²) < 4.78 is 138. The van der Waals surface area contributed by atoms with E-state index < -0.39 is 177 Å². The van der Waals surface area contributed by atoms with Crippen LogP contribution in [-0.2, 0) is 114 Å². The molecule has 7 saturated heterocycles. The van der Waals surface area contributed by atoms with Crippen LogP contribution in [0.2, 0.25) is 0 Å². The molecule has 4 aliphatic carbocycles. The van der Waals surface area contributed by atoms with Crippen molar-refractivity contribution >= 4 is 11.8 Å². The minimum atomic E-state index is -1.58. The summed E-state index contributed by atoms with van der Waals surface area (Å²) in [7, 11) is 7.67. The first-order valence-corrected chi connectivity index (χ1v) is 36.0. The highest BCUT2D eigenvalue weighted by molar-refractivity contribution is 5.96. The molecular formula is C71H112O27. The molecule has 1 unspecified atom stereocenters. The van der Waals surface area contributed by atoms with Crippen molar-refractivity contribution in [1.82, 2.24) is 0 Å². The van der Waals surface area contributed by atoms with Crippen molar-refractivity contribution in [3.63, 3.8) is 0 Å². The van der Waals surface area contributed by atoms with E-state index in [2.05, 4.69) is 19.9 Å². The van der Waals surface area contributed by atoms with Gasteiger partial charge >= 0.3 is 5.97 Å². The number of ketones is 1. The highest BCUT2D eigenvalue weighted by Crippen LogP contribution is 2.68. The molecule has 27 nitrogen and oxygen atoms in total. The molecule has 0 aromatic heterocycles. The van der Waals surface area contributed by atoms with E-state index >= 15 is 0 Å². The van der Waals surface area contributed by atoms with E-state index in [1.807, 2.05) is 48.5 Å². The van der Waals surface area contributed by atoms with Gasteiger partial charge in [0.2, 0.25) is 6.29 Å². The molecule has 8 aliphatic heterocycles. The van der Waals surface area contributed by atoms with Gasteiger partial charge in [-0.3, -0.25) is 9.59 Å². The molecule has 27 heteroatoms. The molecule has 35 atom stereocenters. The molecule has 0 amide bonds. The molecule has 0 bridgehead atoms. The first kappa shape index (κ1) is 75.2. The van der Waals surface area contributed by atoms with Crippen LogP contribution in [0.4, 0.5) is 0 Å². The lowest BCUT2D eigenvalue weighted by Crippen LogP contribution is -2.62. The van der Waals surface area contributed by atoms with Crippen molar-refractivity contribution in [2.24, 2.45) is 28.6 Å². The Bertz CT molecular complexity index is 2770. The number of allylic oxidation sites excluding steroid dienone is 1. The Morgan fingerprint density at radius 3 is 1.90 bits per heavy atom. The Kier molecular flexibility index (Phi) is 23.4. The third-order valence-corrected chi connectivity index (χ3v) is 24.5. The van der Waals surface area contributed by atoms with Crippen LogP contribution in [0.15, 0.2) is 23.5 Å². The van der Waals surface area contributed by atoms with Crippen molar-refractivity contribution in [3.8, 4) is 0 Å². The van der Waals surface area contributed by atoms with Gasteiger partial charge in [0.05, 0.1) is 105 Å². The number of esters is 1. The van der Waals surface area contributed by atoms with Crippen molar-refractivity contribution in [1.29, 1.82) is 0 Å². The van der Waals surface area contributed by atoms with Crippen LogP contribution in [0.5, 0.6) is 0 Å². The maximum atomic E-state index is 13.1. The summed E-state index contributed by atoms with van der Waals surface area (Å²) in [5, 5.41) is 35.6. The number of methoxy groups -OCH3 is 5. The van der Waals surface area contributed by atoms with Gasteiger partial charge in [0.25, 0.3) is 11.8 Å². The van der Waals surface area contributed by atoms with E-state index in [4.69, 9.17) is 104 Å². The third kappa shape index (κ3) is 14.7. The number of ether oxygens (including phenoxy) is 22. The van der Waals surface area contributed by atoms with Crippen molar-refractivity contribution < 1.29 is 129 Å². The van der Waals surface area contributed by atoms with Gasteiger partial charge < -0.3 is 120 Å². The molecular weight excluding hydrogens is 1280 g/mol. The molecule has 0 radical (unpaired) electrons. The second-order valence-corrected chi connectivity index (χ2v) is 30.3. The number of carbonyl (C=O) groups is 2. The summed E-state index contributed by atoms with van der Waals surface area (Å²) in [4.78, 5) is 25.2. The molecule has 3 N–H and O–H groups in total. The fourth-order valence-electron chi connectivity index (χ4n) is 19.2. The second kappa shape index (κ2) is 30.5. The van der Waals surface area contributed by atoms with Crippen molar-refractivity contribution in [3.05, 3.63) is 23.5 Å². The topological polar surface area (TPSA) is 298 Å². The van der Waals surface area contributed by atoms with E-state index in [1.165, 1.54) is 26.7 Å². The quantitative estimate of drug-likeness (QED) is 0.0976. The molecule has 10 fully saturated rings. The largest absolute Gasteiger partial charge is 0.493 e. The molecule has 98 heavy (non-hydrogen) atoms. The van der Waals surface area contributed by atoms with Crippen LogP contribution in [0.3, 0.4) is 0 Å². The molecule has 558 valence electrons. The number of hydrogen-bond acceptors (Lipinski definition) is 27. The number of carbonyl (C=O) groups excluding carboxylic acids is 2. The molecule has 0 aromatic rings. The van der Waals surface area contributed by atoms with Gasteiger partial charge in [0, 0.05) is 66.5 Å². The fraction of sp³-hybridized carbons (Fsp3) is 0.915. The SMILES string of the molecule is COC1=C[C@@H](C)OC(O[C@H]2CC[C@@]3(C)C(=CC[C@@H]4[C@@H]3CC[C@@]3(C)[C@H]4CC[C@]3(O)[C@H](C)O[C@H]3C[C@H]4OCO[C@@]5(C[C@@H](OC)[C@H](O[C@H]6C[C@H](O)[C@H](O[C@H]7C[C@H](OC)[C@H](O[C@H]8C[C@H](OC)[C@H](O[C@@H]9O[C@H](C)[C@H](O)[C@H](OC)[C@H]9OC(C)=O)[C@@H](C)O8)[C@@H](C)O7)[C@@H](C)O6)[C@@H](C)O5)O[C@@H]4[C@@H](C)O3)C2)C1=O. The molecule has 12 aliphatic rings. The minimum absolute atomic E-state index is 0.0105. The summed E-state index contributed by atoms with van der Waals surface area (Å²) in [5.41, 5.74) is -0.0353. The first-order chi connectivity index (χ1) is 46.6. The van der Waals surface area contributed by atoms with E-state index in [1.54, 1.807) is 34.3 Å². The van der Waals surface area contributed by atoms with Crippen molar-refractivity contribution in [2.45, 2.75) is 343 Å². The van der Waals surface area contributed by atoms with E-state index in [0.29, 0.717) is 30.6 Å². The molecule has 3 saturated carbocycles. The Hall–Kier alpha value is -2.50. The van der Waals surface area contributed by atoms with E-state index in [9.17, 15) is 24.9 Å². The Morgan fingerprint density at radius 1 is 0.633 bits per heavy atom. The van der Waals surface area contributed by atoms with Crippen LogP contribution in [0.25, 0.3) is 0 Å². The zero-order valence-electron chi connectivity index (χ0n) is 60.1. The molecule has 1 spiro atoms. The van der Waals surface area contributed by atoms with Gasteiger partial charge in [-0.25, -0.2) is 0 Å². The number of rotatable bonds is 19. The molecule has 0 aromatic carbocycles. The van der Waals surface area contributed by atoms with Gasteiger partial charge in [-0.15, -0.1) is 0 Å². The lowest BCUT2D eigenvalue weighted by Gasteiger charge is -2.59. The van der Waals surface area contributed by atoms with Gasteiger partial charge in [-0.05, 0) is 136 Å². The van der Waals surface area contributed by atoms with Gasteiger partial charge in [0.1, 0.15) is 42.7 Å². The average molecular weight is 1400 g/mol. The fourth-order valence-corrected chi connectivity index (χ4v) is 19.2. The zero-order valence-corrected chi connectivity index (χ0v) is 60.1. The van der Waals surface area contributed by atoms with E-state index in [-0.39, 0.29) is 67.1 Å². The maximum absolute atomic E-state index is 13.1. The van der Waals surface area contributed by atoms with Crippen LogP contribution in [-0.4, -0.2) is 253 Å². The summed E-state index contributed by atoms with van der Waals surface area (Å²) in [6.07, 6.45) is -7.16. The van der Waals surface area contributed by atoms with Gasteiger partial charge in [-0.2, -0.15) is 0 Å². The normalized spacial score (nSPS) is 50.9. The van der Waals surface area contributed by atoms with Crippen LogP contribution >= 0.6 is 0 Å². The van der Waals surface area contributed by atoms with Crippen LogP contribution in [0, 0.1) is 28.6 Å². The number of hydrogen-bond donors (Lipinski definition) is 3. The number of aliphatic hydroxyl groups excluding tert-OH is 2. The lowest BCUT2D eigenvalue weighted by molar-refractivity contribution is -0.447. The maximum Gasteiger partial charge on any atom is 0.303 e. The summed E-state index contributed by atoms with van der Waals surface area (Å²) in [6.45, 7) is 20.7. The van der Waals surface area contributed by atoms with Crippen LogP contribution in [0.1, 0.15) is 160 Å². The summed E-state index contributed by atoms with van der Waals surface area (Å²) >= 11 is 0. The zero-order chi connectivity index (χ0) is 70.1. The monoisotopic (exact) mass is 1400 g/mol. The van der Waals surface area contributed by atoms with Crippen LogP contribution < -0.4 is 0 Å². The minimum Gasteiger partial charge on any atom is -0.493 e. The predicted octanol–water partition coefficient (Wildman–Crippen LogP) is 6.07. The number of fused-ring (bicyclic) bond motifs is 6. The molecule has 12 rings (SSSR count). The highest BCUT2D eigenvalue weighted by atomic mass is 16.9. The lowest BCUT2D eigenvalue weighted by atomic mass is 9.46. The predicted molar refractivity (Wildman–Crippen MR) is 340 cm³/mol. The van der Waals surface area contributed by atoms with Gasteiger partial charge in [0.15, 0.2) is 50.1 Å². The Labute approximate surface area is 576 Å². The average Bonchev–Trinajstić information content (AvgIpc) is 1.45.